The van der Waals surface area contributed by atoms with E-state index in [0.717, 1.165) is 0 Å². The summed E-state index contributed by atoms with van der Waals surface area (Å²) in [5.74, 6) is -0.327. The minimum absolute atomic E-state index is 0.216. The number of anilines is 2. The van der Waals surface area contributed by atoms with Crippen LogP contribution in [-0.4, -0.2) is 37.6 Å². The molecule has 1 aliphatic rings. The molecule has 2 aromatic rings. The quantitative estimate of drug-likeness (QED) is 0.783. The molecule has 1 heterocycles. The van der Waals surface area contributed by atoms with Gasteiger partial charge in [0.05, 0.1) is 5.56 Å². The second-order valence-electron chi connectivity index (χ2n) is 5.74. The largest absolute Gasteiger partial charge is 0.486 e. The predicted octanol–water partition coefficient (Wildman–Crippen LogP) is 2.21. The number of hydrogen-bond donors (Lipinski definition) is 2. The first kappa shape index (κ1) is 18.2. The maximum absolute atomic E-state index is 12.1. The molecule has 2 N–H and O–H groups in total. The third kappa shape index (κ3) is 4.97. The van der Waals surface area contributed by atoms with Crippen molar-refractivity contribution in [2.75, 3.05) is 30.5 Å². The fraction of sp³-hybridized carbons (Fsp3) is 0.211. The zero-order chi connectivity index (χ0) is 19.2. The lowest BCUT2D eigenvalue weighted by molar-refractivity contribution is -0.119. The monoisotopic (exact) mass is 370 g/mol. The Morgan fingerprint density at radius 3 is 2.41 bits per heavy atom. The zero-order valence-corrected chi connectivity index (χ0v) is 14.6. The maximum Gasteiger partial charge on any atom is 0.338 e. The topological polar surface area (TPSA) is 103 Å². The minimum atomic E-state index is -0.644. The average molecular weight is 370 g/mol. The van der Waals surface area contributed by atoms with E-state index in [4.69, 9.17) is 14.2 Å². The Morgan fingerprint density at radius 2 is 1.67 bits per heavy atom. The van der Waals surface area contributed by atoms with Crippen molar-refractivity contribution in [2.24, 2.45) is 0 Å². The average Bonchev–Trinajstić information content (AvgIpc) is 2.65. The lowest BCUT2D eigenvalue weighted by Gasteiger charge is -2.18. The second kappa shape index (κ2) is 8.22. The van der Waals surface area contributed by atoms with Crippen molar-refractivity contribution in [2.45, 2.75) is 6.92 Å². The Morgan fingerprint density at radius 1 is 0.963 bits per heavy atom. The highest BCUT2D eigenvalue weighted by atomic mass is 16.6. The summed E-state index contributed by atoms with van der Waals surface area (Å²) in [6.07, 6.45) is 0. The summed E-state index contributed by atoms with van der Waals surface area (Å²) in [4.78, 5) is 35.2. The third-order valence-electron chi connectivity index (χ3n) is 3.58. The molecule has 0 atom stereocenters. The van der Waals surface area contributed by atoms with Gasteiger partial charge >= 0.3 is 5.97 Å². The molecular weight excluding hydrogens is 352 g/mol. The first-order chi connectivity index (χ1) is 13.0. The van der Waals surface area contributed by atoms with Gasteiger partial charge in [-0.15, -0.1) is 0 Å². The summed E-state index contributed by atoms with van der Waals surface area (Å²) in [5.41, 5.74) is 1.29. The van der Waals surface area contributed by atoms with Crippen LogP contribution in [0.2, 0.25) is 0 Å². The SMILES string of the molecule is CC(=O)Nc1cccc(NC(=O)COC(=O)c2ccc3c(c2)OCCO3)c1. The van der Waals surface area contributed by atoms with Crippen molar-refractivity contribution in [1.82, 2.24) is 0 Å². The third-order valence-corrected chi connectivity index (χ3v) is 3.58. The molecule has 0 aliphatic carbocycles. The lowest BCUT2D eigenvalue weighted by atomic mass is 10.2. The van der Waals surface area contributed by atoms with Gasteiger partial charge in [0.15, 0.2) is 18.1 Å². The Balaban J connectivity index is 1.54. The number of hydrogen-bond acceptors (Lipinski definition) is 6. The number of fused-ring (bicyclic) bond motifs is 1. The van der Waals surface area contributed by atoms with E-state index in [1.165, 1.54) is 13.0 Å². The number of ether oxygens (including phenoxy) is 3. The standard InChI is InChI=1S/C19H18N2O6/c1-12(22)20-14-3-2-4-15(10-14)21-18(23)11-27-19(24)13-5-6-16-17(9-13)26-8-7-25-16/h2-6,9-10H,7-8,11H2,1H3,(H,20,22)(H,21,23). The number of amides is 2. The van der Waals surface area contributed by atoms with Crippen molar-refractivity contribution < 1.29 is 28.6 Å². The first-order valence-corrected chi connectivity index (χ1v) is 8.25. The van der Waals surface area contributed by atoms with Crippen molar-refractivity contribution in [3.8, 4) is 11.5 Å². The summed E-state index contributed by atoms with van der Waals surface area (Å²) >= 11 is 0. The van der Waals surface area contributed by atoms with Gasteiger partial charge in [0, 0.05) is 18.3 Å². The summed E-state index contributed by atoms with van der Waals surface area (Å²) < 4.78 is 15.8. The van der Waals surface area contributed by atoms with Crippen LogP contribution in [0.5, 0.6) is 11.5 Å². The van der Waals surface area contributed by atoms with E-state index in [0.29, 0.717) is 36.1 Å². The smallest absolute Gasteiger partial charge is 0.338 e. The molecule has 2 amide bonds. The van der Waals surface area contributed by atoms with Gasteiger partial charge in [-0.05, 0) is 36.4 Å². The molecule has 2 aromatic carbocycles. The van der Waals surface area contributed by atoms with Crippen molar-refractivity contribution in [1.29, 1.82) is 0 Å². The first-order valence-electron chi connectivity index (χ1n) is 8.25. The molecule has 3 rings (SSSR count). The van der Waals surface area contributed by atoms with Gasteiger partial charge in [-0.2, -0.15) is 0 Å². The van der Waals surface area contributed by atoms with Crippen molar-refractivity contribution in [3.63, 3.8) is 0 Å². The van der Waals surface area contributed by atoms with Gasteiger partial charge in [0.2, 0.25) is 5.91 Å². The van der Waals surface area contributed by atoms with E-state index in [-0.39, 0.29) is 11.5 Å². The normalized spacial score (nSPS) is 12.0. The number of carbonyl (C=O) groups is 3. The molecule has 8 heteroatoms. The molecule has 0 fully saturated rings. The van der Waals surface area contributed by atoms with E-state index in [1.807, 2.05) is 0 Å². The Bertz CT molecular complexity index is 880. The van der Waals surface area contributed by atoms with Gasteiger partial charge in [0.1, 0.15) is 13.2 Å². The molecule has 0 spiro atoms. The molecule has 0 radical (unpaired) electrons. The summed E-state index contributed by atoms with van der Waals surface area (Å²) in [7, 11) is 0. The molecular formula is C19H18N2O6. The van der Waals surface area contributed by atoms with Gasteiger partial charge in [0.25, 0.3) is 5.91 Å². The van der Waals surface area contributed by atoms with E-state index in [2.05, 4.69) is 10.6 Å². The van der Waals surface area contributed by atoms with Gasteiger partial charge < -0.3 is 24.8 Å². The van der Waals surface area contributed by atoms with Gasteiger partial charge in [-0.25, -0.2) is 4.79 Å². The van der Waals surface area contributed by atoms with Crippen LogP contribution in [0.15, 0.2) is 42.5 Å². The van der Waals surface area contributed by atoms with E-state index < -0.39 is 18.5 Å². The van der Waals surface area contributed by atoms with Gasteiger partial charge in [-0.1, -0.05) is 6.07 Å². The van der Waals surface area contributed by atoms with Crippen LogP contribution in [0.1, 0.15) is 17.3 Å². The molecule has 0 saturated carbocycles. The number of carbonyl (C=O) groups excluding carboxylic acids is 3. The summed E-state index contributed by atoms with van der Waals surface area (Å²) in [6, 6.07) is 11.3. The number of esters is 1. The van der Waals surface area contributed by atoms with Gasteiger partial charge in [-0.3, -0.25) is 9.59 Å². The van der Waals surface area contributed by atoms with Crippen LogP contribution in [0.25, 0.3) is 0 Å². The molecule has 27 heavy (non-hydrogen) atoms. The number of rotatable bonds is 5. The van der Waals surface area contributed by atoms with Crippen LogP contribution in [0, 0.1) is 0 Å². The Kier molecular flexibility index (Phi) is 5.55. The van der Waals surface area contributed by atoms with E-state index in [1.54, 1.807) is 36.4 Å². The highest BCUT2D eigenvalue weighted by Gasteiger charge is 2.16. The van der Waals surface area contributed by atoms with Crippen LogP contribution < -0.4 is 20.1 Å². The molecule has 140 valence electrons. The summed E-state index contributed by atoms with van der Waals surface area (Å²) in [6.45, 7) is 1.81. The van der Waals surface area contributed by atoms with Crippen LogP contribution in [0.3, 0.4) is 0 Å². The van der Waals surface area contributed by atoms with Crippen LogP contribution in [-0.2, 0) is 14.3 Å². The summed E-state index contributed by atoms with van der Waals surface area (Å²) in [5, 5.41) is 5.22. The molecule has 0 unspecified atom stereocenters. The number of nitrogens with one attached hydrogen (secondary N) is 2. The zero-order valence-electron chi connectivity index (χ0n) is 14.6. The number of benzene rings is 2. The minimum Gasteiger partial charge on any atom is -0.486 e. The Labute approximate surface area is 155 Å². The molecule has 8 nitrogen and oxygen atoms in total. The van der Waals surface area contributed by atoms with Crippen LogP contribution >= 0.6 is 0 Å². The molecule has 0 aromatic heterocycles. The molecule has 0 saturated heterocycles. The lowest BCUT2D eigenvalue weighted by Crippen LogP contribution is -2.21. The molecule has 0 bridgehead atoms. The Hall–Kier alpha value is -3.55. The van der Waals surface area contributed by atoms with E-state index >= 15 is 0 Å². The van der Waals surface area contributed by atoms with E-state index in [9.17, 15) is 14.4 Å². The highest BCUT2D eigenvalue weighted by Crippen LogP contribution is 2.30. The van der Waals surface area contributed by atoms with Crippen molar-refractivity contribution >= 4 is 29.2 Å². The van der Waals surface area contributed by atoms with Crippen molar-refractivity contribution in [3.05, 3.63) is 48.0 Å². The predicted molar refractivity (Wildman–Crippen MR) is 97.1 cm³/mol. The second-order valence-corrected chi connectivity index (χ2v) is 5.74. The maximum atomic E-state index is 12.1. The fourth-order valence-electron chi connectivity index (χ4n) is 2.46. The fourth-order valence-corrected chi connectivity index (χ4v) is 2.46. The molecule has 1 aliphatic heterocycles. The van der Waals surface area contributed by atoms with Crippen LogP contribution in [0.4, 0.5) is 11.4 Å². The highest BCUT2D eigenvalue weighted by molar-refractivity contribution is 5.96.